The molecule has 0 spiro atoms. The van der Waals surface area contributed by atoms with Gasteiger partial charge in [-0.1, -0.05) is 38.1 Å². The van der Waals surface area contributed by atoms with E-state index in [-0.39, 0.29) is 25.0 Å². The van der Waals surface area contributed by atoms with Gasteiger partial charge in [0, 0.05) is 13.1 Å². The Morgan fingerprint density at radius 1 is 1.00 bits per heavy atom. The predicted octanol–water partition coefficient (Wildman–Crippen LogP) is 3.42. The standard InChI is InChI=1S/C24H32N2O5/c1-5-14-25-24(28)20(6-2)26(16-18-10-9-11-19(15-18)29-3)23(27)17-31-22-13-8-7-12-21(22)30-4/h7-13,15,20H,5-6,14,16-17H2,1-4H3,(H,25,28)/t20-/m0/s1. The van der Waals surface area contributed by atoms with Gasteiger partial charge in [0.1, 0.15) is 11.8 Å². The van der Waals surface area contributed by atoms with Gasteiger partial charge in [-0.25, -0.2) is 0 Å². The molecule has 2 aromatic carbocycles. The molecule has 7 nitrogen and oxygen atoms in total. The second-order valence-corrected chi connectivity index (χ2v) is 7.03. The monoisotopic (exact) mass is 428 g/mol. The molecule has 0 aromatic heterocycles. The third kappa shape index (κ3) is 6.91. The zero-order chi connectivity index (χ0) is 22.6. The maximum atomic E-state index is 13.2. The van der Waals surface area contributed by atoms with Gasteiger partial charge in [-0.3, -0.25) is 9.59 Å². The number of nitrogens with zero attached hydrogens (tertiary/aromatic N) is 1. The van der Waals surface area contributed by atoms with Crippen LogP contribution in [0.4, 0.5) is 0 Å². The van der Waals surface area contributed by atoms with Crippen molar-refractivity contribution in [3.8, 4) is 17.2 Å². The number of nitrogens with one attached hydrogen (secondary N) is 1. The Hall–Kier alpha value is -3.22. The topological polar surface area (TPSA) is 77.1 Å². The molecule has 1 atom stereocenters. The molecule has 31 heavy (non-hydrogen) atoms. The van der Waals surface area contributed by atoms with Crippen molar-refractivity contribution in [1.29, 1.82) is 0 Å². The van der Waals surface area contributed by atoms with Crippen LogP contribution in [0, 0.1) is 0 Å². The lowest BCUT2D eigenvalue weighted by Crippen LogP contribution is -2.50. The molecular weight excluding hydrogens is 396 g/mol. The SMILES string of the molecule is CCCNC(=O)[C@H](CC)N(Cc1cccc(OC)c1)C(=O)COc1ccccc1OC. The van der Waals surface area contributed by atoms with Gasteiger partial charge in [0.25, 0.3) is 5.91 Å². The van der Waals surface area contributed by atoms with Crippen molar-refractivity contribution in [2.75, 3.05) is 27.4 Å². The highest BCUT2D eigenvalue weighted by Gasteiger charge is 2.29. The van der Waals surface area contributed by atoms with E-state index in [1.807, 2.05) is 50.2 Å². The quantitative estimate of drug-likeness (QED) is 0.561. The molecule has 2 rings (SSSR count). The van der Waals surface area contributed by atoms with E-state index in [0.717, 1.165) is 12.0 Å². The average molecular weight is 429 g/mol. The fourth-order valence-corrected chi connectivity index (χ4v) is 3.21. The molecule has 0 aliphatic heterocycles. The molecule has 0 bridgehead atoms. The van der Waals surface area contributed by atoms with Crippen LogP contribution in [-0.2, 0) is 16.1 Å². The minimum atomic E-state index is -0.605. The molecule has 2 aromatic rings. The highest BCUT2D eigenvalue weighted by Crippen LogP contribution is 2.26. The van der Waals surface area contributed by atoms with E-state index in [9.17, 15) is 9.59 Å². The predicted molar refractivity (Wildman–Crippen MR) is 119 cm³/mol. The molecule has 2 amide bonds. The maximum Gasteiger partial charge on any atom is 0.261 e. The summed E-state index contributed by atoms with van der Waals surface area (Å²) < 4.78 is 16.3. The molecule has 0 aliphatic carbocycles. The molecular formula is C24H32N2O5. The van der Waals surface area contributed by atoms with Crippen LogP contribution in [0.5, 0.6) is 17.2 Å². The van der Waals surface area contributed by atoms with Crippen LogP contribution >= 0.6 is 0 Å². The lowest BCUT2D eigenvalue weighted by atomic mass is 10.1. The second kappa shape index (κ2) is 12.5. The summed E-state index contributed by atoms with van der Waals surface area (Å²) in [6.45, 7) is 4.50. The Kier molecular flexibility index (Phi) is 9.68. The van der Waals surface area contributed by atoms with Gasteiger partial charge in [0.2, 0.25) is 5.91 Å². The zero-order valence-electron chi connectivity index (χ0n) is 18.7. The molecule has 0 saturated carbocycles. The van der Waals surface area contributed by atoms with Crippen LogP contribution in [0.15, 0.2) is 48.5 Å². The molecule has 0 heterocycles. The summed E-state index contributed by atoms with van der Waals surface area (Å²) in [7, 11) is 3.14. The number of para-hydroxylation sites is 2. The van der Waals surface area contributed by atoms with Crippen LogP contribution < -0.4 is 19.5 Å². The van der Waals surface area contributed by atoms with E-state index >= 15 is 0 Å². The smallest absolute Gasteiger partial charge is 0.261 e. The van der Waals surface area contributed by atoms with Crippen LogP contribution in [0.1, 0.15) is 32.3 Å². The van der Waals surface area contributed by atoms with Gasteiger partial charge < -0.3 is 24.4 Å². The summed E-state index contributed by atoms with van der Waals surface area (Å²) >= 11 is 0. The summed E-state index contributed by atoms with van der Waals surface area (Å²) in [5.41, 5.74) is 0.867. The Morgan fingerprint density at radius 2 is 1.74 bits per heavy atom. The van der Waals surface area contributed by atoms with Crippen LogP contribution in [0.3, 0.4) is 0 Å². The van der Waals surface area contributed by atoms with Gasteiger partial charge in [0.15, 0.2) is 18.1 Å². The molecule has 0 aliphatic rings. The van der Waals surface area contributed by atoms with Crippen molar-refractivity contribution in [2.45, 2.75) is 39.3 Å². The molecule has 0 unspecified atom stereocenters. The number of ether oxygens (including phenoxy) is 3. The van der Waals surface area contributed by atoms with Crippen molar-refractivity contribution in [2.24, 2.45) is 0 Å². The first-order chi connectivity index (χ1) is 15.0. The number of rotatable bonds is 12. The third-order valence-corrected chi connectivity index (χ3v) is 4.84. The van der Waals surface area contributed by atoms with Gasteiger partial charge in [-0.05, 0) is 42.7 Å². The summed E-state index contributed by atoms with van der Waals surface area (Å²) in [5, 5.41) is 2.90. The highest BCUT2D eigenvalue weighted by molar-refractivity contribution is 5.88. The lowest BCUT2D eigenvalue weighted by Gasteiger charge is -2.30. The van der Waals surface area contributed by atoms with E-state index < -0.39 is 6.04 Å². The van der Waals surface area contributed by atoms with Crippen molar-refractivity contribution in [1.82, 2.24) is 10.2 Å². The first-order valence-corrected chi connectivity index (χ1v) is 10.5. The Balaban J connectivity index is 2.23. The maximum absolute atomic E-state index is 13.2. The van der Waals surface area contributed by atoms with Gasteiger partial charge >= 0.3 is 0 Å². The minimum absolute atomic E-state index is 0.169. The van der Waals surface area contributed by atoms with Crippen LogP contribution in [-0.4, -0.2) is 50.1 Å². The van der Waals surface area contributed by atoms with Crippen molar-refractivity contribution in [3.05, 3.63) is 54.1 Å². The molecule has 168 valence electrons. The number of benzene rings is 2. The summed E-state index contributed by atoms with van der Waals surface area (Å²) in [5.74, 6) is 1.26. The van der Waals surface area contributed by atoms with Crippen LogP contribution in [0.2, 0.25) is 0 Å². The Bertz CT molecular complexity index is 855. The first-order valence-electron chi connectivity index (χ1n) is 10.5. The van der Waals surface area contributed by atoms with Crippen molar-refractivity contribution < 1.29 is 23.8 Å². The molecule has 0 radical (unpaired) electrons. The fraction of sp³-hybridized carbons (Fsp3) is 0.417. The summed E-state index contributed by atoms with van der Waals surface area (Å²) in [4.78, 5) is 27.5. The Morgan fingerprint density at radius 3 is 2.39 bits per heavy atom. The minimum Gasteiger partial charge on any atom is -0.497 e. The number of hydrogen-bond acceptors (Lipinski definition) is 5. The molecule has 7 heteroatoms. The first kappa shape index (κ1) is 24.1. The zero-order valence-corrected chi connectivity index (χ0v) is 18.7. The molecule has 1 N–H and O–H groups in total. The number of amides is 2. The number of hydrogen-bond donors (Lipinski definition) is 1. The lowest BCUT2D eigenvalue weighted by molar-refractivity contribution is -0.143. The van der Waals surface area contributed by atoms with E-state index in [1.54, 1.807) is 31.3 Å². The summed E-state index contributed by atoms with van der Waals surface area (Å²) in [6.07, 6.45) is 1.31. The number of carbonyl (C=O) groups is 2. The van der Waals surface area contributed by atoms with E-state index in [2.05, 4.69) is 5.32 Å². The van der Waals surface area contributed by atoms with E-state index in [0.29, 0.717) is 30.2 Å². The van der Waals surface area contributed by atoms with E-state index in [4.69, 9.17) is 14.2 Å². The molecule has 0 fully saturated rings. The fourth-order valence-electron chi connectivity index (χ4n) is 3.21. The largest absolute Gasteiger partial charge is 0.497 e. The summed E-state index contributed by atoms with van der Waals surface area (Å²) in [6, 6.07) is 14.0. The molecule has 0 saturated heterocycles. The van der Waals surface area contributed by atoms with E-state index in [1.165, 1.54) is 0 Å². The number of methoxy groups -OCH3 is 2. The normalized spacial score (nSPS) is 11.4. The van der Waals surface area contributed by atoms with Gasteiger partial charge in [0.05, 0.1) is 14.2 Å². The van der Waals surface area contributed by atoms with Crippen molar-refractivity contribution >= 4 is 11.8 Å². The highest BCUT2D eigenvalue weighted by atomic mass is 16.5. The van der Waals surface area contributed by atoms with Gasteiger partial charge in [-0.15, -0.1) is 0 Å². The Labute approximate surface area is 184 Å². The van der Waals surface area contributed by atoms with Gasteiger partial charge in [-0.2, -0.15) is 0 Å². The second-order valence-electron chi connectivity index (χ2n) is 7.03. The van der Waals surface area contributed by atoms with Crippen molar-refractivity contribution in [3.63, 3.8) is 0 Å². The average Bonchev–Trinajstić information content (AvgIpc) is 2.81. The number of carbonyl (C=O) groups excluding carboxylic acids is 2. The van der Waals surface area contributed by atoms with Crippen LogP contribution in [0.25, 0.3) is 0 Å². The third-order valence-electron chi connectivity index (χ3n) is 4.84.